The third kappa shape index (κ3) is 2.71. The Bertz CT molecular complexity index is 922. The maximum absolute atomic E-state index is 12.0. The van der Waals surface area contributed by atoms with E-state index in [1.165, 1.54) is 0 Å². The van der Waals surface area contributed by atoms with Crippen LogP contribution in [0.4, 0.5) is 0 Å². The number of amidine groups is 1. The summed E-state index contributed by atoms with van der Waals surface area (Å²) in [5.74, 6) is 1.91. The van der Waals surface area contributed by atoms with Crippen molar-refractivity contribution in [3.05, 3.63) is 53.6 Å². The number of fused-ring (bicyclic) bond motifs is 2. The van der Waals surface area contributed by atoms with Gasteiger partial charge in [-0.05, 0) is 36.2 Å². The summed E-state index contributed by atoms with van der Waals surface area (Å²) in [6, 6.07) is 12.7. The molecule has 0 aliphatic carbocycles. The van der Waals surface area contributed by atoms with E-state index in [-0.39, 0.29) is 4.90 Å². The van der Waals surface area contributed by atoms with Crippen molar-refractivity contribution >= 4 is 15.9 Å². The smallest absolute Gasteiger partial charge is 0.263 e. The Balaban J connectivity index is 1.51. The van der Waals surface area contributed by atoms with Crippen molar-refractivity contribution in [3.8, 4) is 11.5 Å². The van der Waals surface area contributed by atoms with Gasteiger partial charge in [0.25, 0.3) is 10.0 Å². The van der Waals surface area contributed by atoms with Crippen LogP contribution in [-0.2, 0) is 16.4 Å². The van der Waals surface area contributed by atoms with Gasteiger partial charge in [0, 0.05) is 12.1 Å². The molecule has 0 amide bonds. The molecular formula is C17H16N2O4S. The predicted molar refractivity (Wildman–Crippen MR) is 89.3 cm³/mol. The maximum Gasteiger partial charge on any atom is 0.263 e. The van der Waals surface area contributed by atoms with Gasteiger partial charge in [0.1, 0.15) is 19.0 Å². The molecule has 24 heavy (non-hydrogen) atoms. The first-order valence-electron chi connectivity index (χ1n) is 7.69. The standard InChI is InChI=1S/C17H16N2O4S/c20-24(21)16-4-2-1-3-13(16)17(19-24)18-8-7-12-5-6-14-15(11-12)23-10-9-22-14/h1-6,11H,7-10H2,(H,18,19). The number of nitrogens with zero attached hydrogens (tertiary/aromatic N) is 1. The van der Waals surface area contributed by atoms with E-state index >= 15 is 0 Å². The van der Waals surface area contributed by atoms with Gasteiger partial charge in [-0.15, -0.1) is 0 Å². The Morgan fingerprint density at radius 3 is 2.71 bits per heavy atom. The van der Waals surface area contributed by atoms with Crippen LogP contribution >= 0.6 is 0 Å². The van der Waals surface area contributed by atoms with Crippen LogP contribution in [0.2, 0.25) is 0 Å². The summed E-state index contributed by atoms with van der Waals surface area (Å²) in [5.41, 5.74) is 1.69. The second-order valence-corrected chi connectivity index (χ2v) is 7.21. The monoisotopic (exact) mass is 344 g/mol. The van der Waals surface area contributed by atoms with Crippen molar-refractivity contribution in [2.45, 2.75) is 11.3 Å². The highest BCUT2D eigenvalue weighted by molar-refractivity contribution is 7.90. The molecule has 1 N–H and O–H groups in total. The normalized spacial score (nSPS) is 18.9. The Labute approximate surface area is 140 Å². The molecular weight excluding hydrogens is 328 g/mol. The molecule has 0 atom stereocenters. The molecule has 0 radical (unpaired) electrons. The van der Waals surface area contributed by atoms with E-state index in [0.717, 1.165) is 17.1 Å². The zero-order valence-corrected chi connectivity index (χ0v) is 13.7. The lowest BCUT2D eigenvalue weighted by molar-refractivity contribution is 0.171. The minimum absolute atomic E-state index is 0.281. The fourth-order valence-corrected chi connectivity index (χ4v) is 4.04. The van der Waals surface area contributed by atoms with Crippen LogP contribution in [0.1, 0.15) is 11.1 Å². The fraction of sp³-hybridized carbons (Fsp3) is 0.235. The second kappa shape index (κ2) is 5.83. The summed E-state index contributed by atoms with van der Waals surface area (Å²) in [5, 5.41) is 0. The zero-order valence-electron chi connectivity index (χ0n) is 12.9. The maximum atomic E-state index is 12.0. The van der Waals surface area contributed by atoms with E-state index in [0.29, 0.717) is 37.6 Å². The van der Waals surface area contributed by atoms with Gasteiger partial charge < -0.3 is 9.47 Å². The van der Waals surface area contributed by atoms with Crippen molar-refractivity contribution in [2.75, 3.05) is 19.8 Å². The van der Waals surface area contributed by atoms with Gasteiger partial charge in [0.15, 0.2) is 11.5 Å². The van der Waals surface area contributed by atoms with Gasteiger partial charge in [-0.1, -0.05) is 18.2 Å². The van der Waals surface area contributed by atoms with Gasteiger partial charge in [0.2, 0.25) is 0 Å². The molecule has 2 aromatic rings. The van der Waals surface area contributed by atoms with E-state index < -0.39 is 10.0 Å². The van der Waals surface area contributed by atoms with Crippen LogP contribution in [0.25, 0.3) is 0 Å². The molecule has 2 aliphatic rings. The molecule has 0 unspecified atom stereocenters. The molecule has 0 spiro atoms. The number of aliphatic imine (C=N–C) groups is 1. The molecule has 0 aromatic heterocycles. The Morgan fingerprint density at radius 2 is 1.83 bits per heavy atom. The first kappa shape index (κ1) is 15.0. The van der Waals surface area contributed by atoms with Crippen molar-refractivity contribution in [2.24, 2.45) is 4.99 Å². The topological polar surface area (TPSA) is 77.0 Å². The highest BCUT2D eigenvalue weighted by Crippen LogP contribution is 2.31. The summed E-state index contributed by atoms with van der Waals surface area (Å²) < 4.78 is 37.6. The molecule has 0 bridgehead atoms. The molecule has 0 saturated carbocycles. The first-order valence-corrected chi connectivity index (χ1v) is 9.17. The number of sulfonamides is 1. The molecule has 2 aliphatic heterocycles. The molecule has 7 heteroatoms. The van der Waals surface area contributed by atoms with E-state index in [1.54, 1.807) is 24.3 Å². The Morgan fingerprint density at radius 1 is 1.04 bits per heavy atom. The number of nitrogens with one attached hydrogen (secondary N) is 1. The van der Waals surface area contributed by atoms with Crippen LogP contribution in [0.15, 0.2) is 52.4 Å². The van der Waals surface area contributed by atoms with Gasteiger partial charge in [-0.2, -0.15) is 0 Å². The summed E-state index contributed by atoms with van der Waals surface area (Å²) >= 11 is 0. The summed E-state index contributed by atoms with van der Waals surface area (Å²) in [6.45, 7) is 1.60. The molecule has 124 valence electrons. The van der Waals surface area contributed by atoms with Gasteiger partial charge in [-0.25, -0.2) is 8.42 Å². The number of benzene rings is 2. The highest BCUT2D eigenvalue weighted by Gasteiger charge is 2.29. The fourth-order valence-electron chi connectivity index (χ4n) is 2.79. The minimum Gasteiger partial charge on any atom is -0.486 e. The predicted octanol–water partition coefficient (Wildman–Crippen LogP) is 1.74. The van der Waals surface area contributed by atoms with E-state index in [9.17, 15) is 8.42 Å². The van der Waals surface area contributed by atoms with Crippen LogP contribution in [-0.4, -0.2) is 34.0 Å². The second-order valence-electron chi connectivity index (χ2n) is 5.56. The van der Waals surface area contributed by atoms with E-state index in [1.807, 2.05) is 18.2 Å². The molecule has 0 fully saturated rings. The number of hydrogen-bond donors (Lipinski definition) is 1. The minimum atomic E-state index is -3.48. The SMILES string of the molecule is O=S1(=O)NC(=NCCc2ccc3c(c2)OCCO3)c2ccccc21. The Hall–Kier alpha value is -2.54. The lowest BCUT2D eigenvalue weighted by Gasteiger charge is -2.18. The summed E-state index contributed by atoms with van der Waals surface area (Å²) in [6.07, 6.45) is 0.685. The van der Waals surface area contributed by atoms with Crippen LogP contribution in [0.5, 0.6) is 11.5 Å². The number of ether oxygens (including phenoxy) is 2. The third-order valence-electron chi connectivity index (χ3n) is 3.94. The van der Waals surface area contributed by atoms with Gasteiger partial charge in [-0.3, -0.25) is 9.71 Å². The Kier molecular flexibility index (Phi) is 3.65. The average molecular weight is 344 g/mol. The van der Waals surface area contributed by atoms with Crippen molar-refractivity contribution in [1.82, 2.24) is 4.72 Å². The number of rotatable bonds is 3. The lowest BCUT2D eigenvalue weighted by Crippen LogP contribution is -2.22. The van der Waals surface area contributed by atoms with Crippen LogP contribution in [0.3, 0.4) is 0 Å². The molecule has 6 nitrogen and oxygen atoms in total. The first-order chi connectivity index (χ1) is 11.6. The molecule has 2 heterocycles. The van der Waals surface area contributed by atoms with Crippen molar-refractivity contribution in [1.29, 1.82) is 0 Å². The summed E-state index contributed by atoms with van der Waals surface area (Å²) in [4.78, 5) is 4.70. The van der Waals surface area contributed by atoms with E-state index in [4.69, 9.17) is 9.47 Å². The third-order valence-corrected chi connectivity index (χ3v) is 5.34. The largest absolute Gasteiger partial charge is 0.486 e. The zero-order chi connectivity index (χ0) is 16.6. The van der Waals surface area contributed by atoms with Crippen molar-refractivity contribution in [3.63, 3.8) is 0 Å². The molecule has 0 saturated heterocycles. The lowest BCUT2D eigenvalue weighted by atomic mass is 10.1. The molecule has 4 rings (SSSR count). The van der Waals surface area contributed by atoms with E-state index in [2.05, 4.69) is 9.71 Å². The van der Waals surface area contributed by atoms with Crippen molar-refractivity contribution < 1.29 is 17.9 Å². The van der Waals surface area contributed by atoms with Crippen LogP contribution < -0.4 is 14.2 Å². The van der Waals surface area contributed by atoms with Crippen LogP contribution in [0, 0.1) is 0 Å². The quantitative estimate of drug-likeness (QED) is 0.920. The molecule has 2 aromatic carbocycles. The average Bonchev–Trinajstić information content (AvgIpc) is 2.86. The van der Waals surface area contributed by atoms with Gasteiger partial charge in [0.05, 0.1) is 4.90 Å². The van der Waals surface area contributed by atoms with Gasteiger partial charge >= 0.3 is 0 Å². The highest BCUT2D eigenvalue weighted by atomic mass is 32.2. The summed E-state index contributed by atoms with van der Waals surface area (Å²) in [7, 11) is -3.48. The number of hydrogen-bond acceptors (Lipinski definition) is 5.